The summed E-state index contributed by atoms with van der Waals surface area (Å²) >= 11 is 0. The van der Waals surface area contributed by atoms with Crippen LogP contribution in [0.5, 0.6) is 11.5 Å². The molecule has 8 fully saturated rings. The van der Waals surface area contributed by atoms with Crippen molar-refractivity contribution < 1.29 is 9.47 Å². The van der Waals surface area contributed by atoms with Gasteiger partial charge in [0, 0.05) is 10.9 Å². The van der Waals surface area contributed by atoms with E-state index in [1.165, 1.54) is 134 Å². The van der Waals surface area contributed by atoms with Crippen molar-refractivity contribution in [1.29, 1.82) is 0 Å². The van der Waals surface area contributed by atoms with Crippen molar-refractivity contribution in [3.05, 3.63) is 64.7 Å². The third-order valence-electron chi connectivity index (χ3n) is 16.3. The minimum absolute atomic E-state index is 0.338. The molecule has 0 radical (unpaired) electrons. The molecule has 0 atom stereocenters. The Morgan fingerprint density at radius 3 is 1.43 bits per heavy atom. The van der Waals surface area contributed by atoms with Crippen LogP contribution >= 0.6 is 7.92 Å². The predicted molar refractivity (Wildman–Crippen MR) is 240 cm³/mol. The molecule has 56 heavy (non-hydrogen) atoms. The van der Waals surface area contributed by atoms with Gasteiger partial charge in [-0.05, 0) is 205 Å². The standard InChI is InChI=1S/C53H73O2P/c1-10-11-12-35-13-15-42(16-14-35)48-43(32(2)3)25-44(33(4)5)49(47(48)34(6)7)50-45(54-8)17-18-46(55-9)51(50)56(52-26-36-19-37(27-52)21-38(20-36)28-52)53-29-39-22-40(30-53)24-41(23-39)31-53/h13-18,25,32-34,36-41H,10-12,19-24,26-31H2,1-9H3. The van der Waals surface area contributed by atoms with Gasteiger partial charge in [0.1, 0.15) is 11.5 Å². The zero-order valence-electron chi connectivity index (χ0n) is 36.6. The van der Waals surface area contributed by atoms with E-state index in [-0.39, 0.29) is 0 Å². The lowest BCUT2D eigenvalue weighted by molar-refractivity contribution is 0.0195. The van der Waals surface area contributed by atoms with Crippen molar-refractivity contribution in [3.8, 4) is 33.8 Å². The molecule has 0 heterocycles. The van der Waals surface area contributed by atoms with Crippen LogP contribution in [0.15, 0.2) is 42.5 Å². The van der Waals surface area contributed by atoms with Gasteiger partial charge in [-0.2, -0.15) is 0 Å². The fourth-order valence-corrected chi connectivity index (χ4v) is 20.5. The Morgan fingerprint density at radius 2 is 1.02 bits per heavy atom. The van der Waals surface area contributed by atoms with Crippen molar-refractivity contribution in [1.82, 2.24) is 0 Å². The Kier molecular flexibility index (Phi) is 10.5. The van der Waals surface area contributed by atoms with Crippen molar-refractivity contribution in [2.45, 2.75) is 173 Å². The molecule has 3 heteroatoms. The van der Waals surface area contributed by atoms with Crippen LogP contribution in [0, 0.1) is 35.5 Å². The molecule has 0 aliphatic heterocycles. The summed E-state index contributed by atoms with van der Waals surface area (Å²) in [6.45, 7) is 17.0. The number of methoxy groups -OCH3 is 2. The predicted octanol–water partition coefficient (Wildman–Crippen LogP) is 14.8. The molecular formula is C53H73O2P. The molecule has 8 saturated carbocycles. The van der Waals surface area contributed by atoms with E-state index in [0.29, 0.717) is 28.1 Å². The highest BCUT2D eigenvalue weighted by molar-refractivity contribution is 7.69. The van der Waals surface area contributed by atoms with E-state index in [0.717, 1.165) is 53.4 Å². The highest BCUT2D eigenvalue weighted by Crippen LogP contribution is 2.79. The average molecular weight is 773 g/mol. The van der Waals surface area contributed by atoms with Gasteiger partial charge in [-0.15, -0.1) is 0 Å². The summed E-state index contributed by atoms with van der Waals surface area (Å²) in [5.74, 6) is 8.92. The molecule has 0 saturated heterocycles. The average Bonchev–Trinajstić information content (AvgIpc) is 3.15. The van der Waals surface area contributed by atoms with E-state index in [9.17, 15) is 0 Å². The summed E-state index contributed by atoms with van der Waals surface area (Å²) in [6.07, 6.45) is 21.4. The van der Waals surface area contributed by atoms with E-state index in [4.69, 9.17) is 9.47 Å². The molecule has 0 N–H and O–H groups in total. The lowest BCUT2D eigenvalue weighted by Crippen LogP contribution is -2.58. The Bertz CT molecular complexity index is 1800. The number of unbranched alkanes of at least 4 members (excludes halogenated alkanes) is 1. The van der Waals surface area contributed by atoms with Crippen LogP contribution in [0.1, 0.15) is 178 Å². The molecule has 8 bridgehead atoms. The molecular weight excluding hydrogens is 700 g/mol. The zero-order chi connectivity index (χ0) is 39.1. The molecule has 302 valence electrons. The summed E-state index contributed by atoms with van der Waals surface area (Å²) in [6, 6.07) is 17.0. The quantitative estimate of drug-likeness (QED) is 0.161. The van der Waals surface area contributed by atoms with E-state index in [1.807, 2.05) is 14.2 Å². The smallest absolute Gasteiger partial charge is 0.127 e. The lowest BCUT2D eigenvalue weighted by atomic mass is 9.55. The van der Waals surface area contributed by atoms with Crippen LogP contribution < -0.4 is 14.8 Å². The fraction of sp³-hybridized carbons (Fsp3) is 0.660. The minimum Gasteiger partial charge on any atom is -0.496 e. The molecule has 8 aliphatic carbocycles. The SMILES string of the molecule is CCCCc1ccc(-c2c(C(C)C)cc(C(C)C)c(-c3c(OC)ccc(OC)c3P(C34CC5CC(CC(C5)C3)C4)C34CC5CC(CC(C5)C3)C4)c2C(C)C)cc1. The van der Waals surface area contributed by atoms with Crippen molar-refractivity contribution >= 4 is 13.2 Å². The third kappa shape index (κ3) is 6.52. The molecule has 0 amide bonds. The van der Waals surface area contributed by atoms with Crippen LogP contribution in [-0.4, -0.2) is 24.5 Å². The Balaban J connectivity index is 1.36. The molecule has 0 aromatic heterocycles. The number of hydrogen-bond acceptors (Lipinski definition) is 2. The molecule has 0 spiro atoms. The first-order valence-corrected chi connectivity index (χ1v) is 24.7. The summed E-state index contributed by atoms with van der Waals surface area (Å²) in [7, 11) is 3.38. The second-order valence-electron chi connectivity index (χ2n) is 21.3. The van der Waals surface area contributed by atoms with E-state index < -0.39 is 7.92 Å². The second-order valence-corrected chi connectivity index (χ2v) is 24.3. The Labute approximate surface area is 342 Å². The molecule has 3 aromatic rings. The summed E-state index contributed by atoms with van der Waals surface area (Å²) in [4.78, 5) is 0. The maximum Gasteiger partial charge on any atom is 0.127 e. The summed E-state index contributed by atoms with van der Waals surface area (Å²) in [5.41, 5.74) is 11.7. The largest absolute Gasteiger partial charge is 0.496 e. The highest BCUT2D eigenvalue weighted by Gasteiger charge is 2.64. The third-order valence-corrected chi connectivity index (χ3v) is 20.2. The first kappa shape index (κ1) is 39.2. The van der Waals surface area contributed by atoms with Gasteiger partial charge in [-0.1, -0.05) is 93.1 Å². The van der Waals surface area contributed by atoms with Gasteiger partial charge in [0.05, 0.1) is 14.2 Å². The van der Waals surface area contributed by atoms with E-state index in [1.54, 1.807) is 5.30 Å². The van der Waals surface area contributed by atoms with Gasteiger partial charge in [0.15, 0.2) is 0 Å². The molecule has 3 aromatic carbocycles. The maximum absolute atomic E-state index is 6.80. The van der Waals surface area contributed by atoms with E-state index in [2.05, 4.69) is 90.9 Å². The summed E-state index contributed by atoms with van der Waals surface area (Å²) in [5, 5.41) is 2.44. The zero-order valence-corrected chi connectivity index (χ0v) is 37.5. The number of benzene rings is 3. The van der Waals surface area contributed by atoms with Gasteiger partial charge in [0.2, 0.25) is 0 Å². The van der Waals surface area contributed by atoms with Gasteiger partial charge in [-0.3, -0.25) is 0 Å². The fourth-order valence-electron chi connectivity index (χ4n) is 15.1. The minimum atomic E-state index is -0.560. The second kappa shape index (κ2) is 15.1. The normalized spacial score (nSPS) is 31.9. The van der Waals surface area contributed by atoms with Crippen molar-refractivity contribution in [3.63, 3.8) is 0 Å². The van der Waals surface area contributed by atoms with Gasteiger partial charge in [0.25, 0.3) is 0 Å². The topological polar surface area (TPSA) is 18.5 Å². The molecule has 8 aliphatic rings. The van der Waals surface area contributed by atoms with Gasteiger partial charge in [-0.25, -0.2) is 0 Å². The number of rotatable bonds is 13. The van der Waals surface area contributed by atoms with Crippen LogP contribution in [0.2, 0.25) is 0 Å². The van der Waals surface area contributed by atoms with Gasteiger partial charge < -0.3 is 9.47 Å². The number of aryl methyl sites for hydroxylation is 1. The summed E-state index contributed by atoms with van der Waals surface area (Å²) < 4.78 is 13.5. The number of ether oxygens (including phenoxy) is 2. The molecule has 11 rings (SSSR count). The van der Waals surface area contributed by atoms with Crippen LogP contribution in [0.3, 0.4) is 0 Å². The Hall–Kier alpha value is -2.31. The maximum atomic E-state index is 6.80. The number of hydrogen-bond donors (Lipinski definition) is 0. The van der Waals surface area contributed by atoms with Crippen LogP contribution in [-0.2, 0) is 6.42 Å². The van der Waals surface area contributed by atoms with E-state index >= 15 is 0 Å². The van der Waals surface area contributed by atoms with Crippen LogP contribution in [0.25, 0.3) is 22.3 Å². The lowest BCUT2D eigenvalue weighted by Gasteiger charge is -2.67. The van der Waals surface area contributed by atoms with Crippen molar-refractivity contribution in [2.24, 2.45) is 35.5 Å². The highest BCUT2D eigenvalue weighted by atomic mass is 31.1. The van der Waals surface area contributed by atoms with Crippen LogP contribution in [0.4, 0.5) is 0 Å². The monoisotopic (exact) mass is 773 g/mol. The first-order valence-electron chi connectivity index (χ1n) is 23.3. The Morgan fingerprint density at radius 1 is 0.571 bits per heavy atom. The van der Waals surface area contributed by atoms with Gasteiger partial charge >= 0.3 is 0 Å². The first-order chi connectivity index (χ1) is 27.0. The molecule has 2 nitrogen and oxygen atoms in total. The van der Waals surface area contributed by atoms with Crippen molar-refractivity contribution in [2.75, 3.05) is 14.2 Å². The molecule has 0 unspecified atom stereocenters.